The lowest BCUT2D eigenvalue weighted by molar-refractivity contribution is 0.481. The van der Waals surface area contributed by atoms with Crippen molar-refractivity contribution in [3.8, 4) is 5.75 Å². The molecule has 1 aliphatic rings. The van der Waals surface area contributed by atoms with E-state index in [-0.39, 0.29) is 0 Å². The summed E-state index contributed by atoms with van der Waals surface area (Å²) in [5.41, 5.74) is 3.24. The molecule has 0 spiro atoms. The number of hydrogen-bond donors (Lipinski definition) is 3. The predicted octanol–water partition coefficient (Wildman–Crippen LogP) is 1.84. The van der Waals surface area contributed by atoms with Crippen LogP contribution in [0.3, 0.4) is 0 Å². The number of fused-ring (bicyclic) bond motifs is 3. The molecule has 66 valence electrons. The van der Waals surface area contributed by atoms with Gasteiger partial charge >= 0.3 is 0 Å². The van der Waals surface area contributed by atoms with Crippen molar-refractivity contribution in [3.05, 3.63) is 23.9 Å². The van der Waals surface area contributed by atoms with E-state index < -0.39 is 0 Å². The first-order chi connectivity index (χ1) is 6.36. The molecular formula is C10H10N2O. The van der Waals surface area contributed by atoms with Gasteiger partial charge in [0.05, 0.1) is 5.52 Å². The Bertz CT molecular complexity index is 473. The van der Waals surface area contributed by atoms with Gasteiger partial charge in [0.2, 0.25) is 0 Å². The van der Waals surface area contributed by atoms with Gasteiger partial charge in [-0.05, 0) is 18.1 Å². The quantitative estimate of drug-likeness (QED) is 0.570. The Morgan fingerprint density at radius 2 is 2.31 bits per heavy atom. The highest BCUT2D eigenvalue weighted by Gasteiger charge is 2.16. The third-order valence-electron chi connectivity index (χ3n) is 2.62. The average molecular weight is 174 g/mol. The summed E-state index contributed by atoms with van der Waals surface area (Å²) in [7, 11) is 0. The number of H-pyrrole nitrogens is 1. The lowest BCUT2D eigenvalue weighted by Gasteiger charge is -2.02. The van der Waals surface area contributed by atoms with Crippen LogP contribution in [0.5, 0.6) is 5.75 Å². The molecule has 3 heteroatoms. The van der Waals surface area contributed by atoms with E-state index in [0.717, 1.165) is 29.6 Å². The molecule has 0 fully saturated rings. The number of aromatic nitrogens is 1. The van der Waals surface area contributed by atoms with Crippen LogP contribution in [0.15, 0.2) is 18.3 Å². The smallest absolute Gasteiger partial charge is 0.141 e. The van der Waals surface area contributed by atoms with E-state index in [9.17, 15) is 5.11 Å². The molecule has 1 aromatic heterocycles. The molecule has 1 aliphatic heterocycles. The first-order valence-electron chi connectivity index (χ1n) is 4.42. The largest absolute Gasteiger partial charge is 0.506 e. The lowest BCUT2D eigenvalue weighted by atomic mass is 10.1. The zero-order valence-corrected chi connectivity index (χ0v) is 7.09. The van der Waals surface area contributed by atoms with E-state index in [4.69, 9.17) is 0 Å². The number of phenols is 1. The van der Waals surface area contributed by atoms with Gasteiger partial charge in [-0.2, -0.15) is 0 Å². The third-order valence-corrected chi connectivity index (χ3v) is 2.62. The minimum atomic E-state index is 0.327. The summed E-state index contributed by atoms with van der Waals surface area (Å²) >= 11 is 0. The van der Waals surface area contributed by atoms with Gasteiger partial charge in [0, 0.05) is 29.9 Å². The molecule has 3 N–H and O–H groups in total. The van der Waals surface area contributed by atoms with Crippen LogP contribution in [0.2, 0.25) is 0 Å². The molecular weight excluding hydrogens is 164 g/mol. The summed E-state index contributed by atoms with van der Waals surface area (Å²) in [6, 6.07) is 3.81. The van der Waals surface area contributed by atoms with Gasteiger partial charge in [-0.15, -0.1) is 0 Å². The van der Waals surface area contributed by atoms with Crippen molar-refractivity contribution in [1.82, 2.24) is 4.98 Å². The van der Waals surface area contributed by atoms with Crippen molar-refractivity contribution >= 4 is 16.6 Å². The first-order valence-corrected chi connectivity index (χ1v) is 4.42. The minimum Gasteiger partial charge on any atom is -0.506 e. The number of rotatable bonds is 0. The molecule has 2 aromatic rings. The first kappa shape index (κ1) is 6.83. The van der Waals surface area contributed by atoms with Crippen LogP contribution >= 0.6 is 0 Å². The van der Waals surface area contributed by atoms with Gasteiger partial charge < -0.3 is 15.4 Å². The van der Waals surface area contributed by atoms with Gasteiger partial charge in [0.25, 0.3) is 0 Å². The zero-order valence-electron chi connectivity index (χ0n) is 7.09. The van der Waals surface area contributed by atoms with Crippen molar-refractivity contribution in [1.29, 1.82) is 0 Å². The van der Waals surface area contributed by atoms with E-state index in [0.29, 0.717) is 5.75 Å². The van der Waals surface area contributed by atoms with Crippen LogP contribution in [-0.4, -0.2) is 16.6 Å². The average Bonchev–Trinajstić information content (AvgIpc) is 2.66. The van der Waals surface area contributed by atoms with Gasteiger partial charge in [-0.3, -0.25) is 0 Å². The fourth-order valence-corrected chi connectivity index (χ4v) is 2.02. The summed E-state index contributed by atoms with van der Waals surface area (Å²) in [5.74, 6) is 0.327. The number of phenolic OH excluding ortho intramolecular Hbond substituents is 1. The highest BCUT2D eigenvalue weighted by atomic mass is 16.3. The minimum absolute atomic E-state index is 0.327. The summed E-state index contributed by atoms with van der Waals surface area (Å²) in [6.45, 7) is 0.971. The number of hydrogen-bond acceptors (Lipinski definition) is 2. The number of nitrogens with one attached hydrogen (secondary N) is 2. The molecule has 0 radical (unpaired) electrons. The summed E-state index contributed by atoms with van der Waals surface area (Å²) < 4.78 is 0. The summed E-state index contributed by atoms with van der Waals surface area (Å²) in [5, 5.41) is 14.0. The predicted molar refractivity (Wildman–Crippen MR) is 52.2 cm³/mol. The number of benzene rings is 1. The van der Waals surface area contributed by atoms with Gasteiger partial charge in [-0.25, -0.2) is 0 Å². The second-order valence-electron chi connectivity index (χ2n) is 3.36. The van der Waals surface area contributed by atoms with Crippen LogP contribution in [0.25, 0.3) is 10.9 Å². The highest BCUT2D eigenvalue weighted by molar-refractivity contribution is 5.93. The number of aromatic hydroxyl groups is 1. The maximum Gasteiger partial charge on any atom is 0.141 e. The van der Waals surface area contributed by atoms with E-state index in [1.807, 2.05) is 12.3 Å². The van der Waals surface area contributed by atoms with E-state index in [1.54, 1.807) is 6.07 Å². The zero-order chi connectivity index (χ0) is 8.84. The Morgan fingerprint density at radius 3 is 3.23 bits per heavy atom. The van der Waals surface area contributed by atoms with Crippen LogP contribution in [0, 0.1) is 0 Å². The fourth-order valence-electron chi connectivity index (χ4n) is 2.02. The molecule has 0 saturated carbocycles. The lowest BCUT2D eigenvalue weighted by Crippen LogP contribution is -1.90. The molecule has 0 saturated heterocycles. The third kappa shape index (κ3) is 0.786. The molecule has 0 unspecified atom stereocenters. The number of anilines is 1. The van der Waals surface area contributed by atoms with Crippen LogP contribution in [0.1, 0.15) is 5.56 Å². The van der Waals surface area contributed by atoms with Crippen molar-refractivity contribution in [3.63, 3.8) is 0 Å². The molecule has 2 heterocycles. The van der Waals surface area contributed by atoms with Crippen molar-refractivity contribution in [2.45, 2.75) is 6.42 Å². The Balaban J connectivity index is 2.48. The Morgan fingerprint density at radius 1 is 1.38 bits per heavy atom. The van der Waals surface area contributed by atoms with Crippen molar-refractivity contribution < 1.29 is 5.11 Å². The Hall–Kier alpha value is -1.64. The summed E-state index contributed by atoms with van der Waals surface area (Å²) in [4.78, 5) is 3.04. The van der Waals surface area contributed by atoms with Crippen LogP contribution < -0.4 is 5.32 Å². The topological polar surface area (TPSA) is 48.0 Å². The van der Waals surface area contributed by atoms with E-state index in [2.05, 4.69) is 10.3 Å². The van der Waals surface area contributed by atoms with Gasteiger partial charge in [-0.1, -0.05) is 0 Å². The summed E-state index contributed by atoms with van der Waals surface area (Å²) in [6.07, 6.45) is 2.91. The molecule has 0 bridgehead atoms. The molecule has 1 aromatic carbocycles. The molecule has 0 amide bonds. The van der Waals surface area contributed by atoms with Gasteiger partial charge in [0.15, 0.2) is 0 Å². The standard InChI is InChI=1S/C10H10N2O/c13-9-5-8-6(1-3-11-8)7-2-4-12-10(7)9/h2,4-5,11-13H,1,3H2. The van der Waals surface area contributed by atoms with Crippen molar-refractivity contribution in [2.75, 3.05) is 11.9 Å². The van der Waals surface area contributed by atoms with Gasteiger partial charge in [0.1, 0.15) is 5.75 Å². The van der Waals surface area contributed by atoms with E-state index >= 15 is 0 Å². The number of aromatic amines is 1. The van der Waals surface area contributed by atoms with E-state index in [1.165, 1.54) is 5.56 Å². The molecule has 0 aliphatic carbocycles. The Labute approximate surface area is 75.4 Å². The maximum atomic E-state index is 9.65. The monoisotopic (exact) mass is 174 g/mol. The van der Waals surface area contributed by atoms with Crippen LogP contribution in [-0.2, 0) is 6.42 Å². The molecule has 13 heavy (non-hydrogen) atoms. The fraction of sp³-hybridized carbons (Fsp3) is 0.200. The second kappa shape index (κ2) is 2.19. The maximum absolute atomic E-state index is 9.65. The molecule has 3 nitrogen and oxygen atoms in total. The SMILES string of the molecule is Oc1cc2c(c3cc[nH]c13)CCN2. The molecule has 3 rings (SSSR count). The van der Waals surface area contributed by atoms with Crippen molar-refractivity contribution in [2.24, 2.45) is 0 Å². The highest BCUT2D eigenvalue weighted by Crippen LogP contribution is 2.35. The van der Waals surface area contributed by atoms with Crippen LogP contribution in [0.4, 0.5) is 5.69 Å². The normalized spacial score (nSPS) is 14.5. The Kier molecular flexibility index (Phi) is 1.15. The second-order valence-corrected chi connectivity index (χ2v) is 3.36. The molecule has 0 atom stereocenters.